The minimum atomic E-state index is -0.369. The van der Waals surface area contributed by atoms with Gasteiger partial charge in [-0.15, -0.1) is 0 Å². The van der Waals surface area contributed by atoms with Crippen molar-refractivity contribution in [3.63, 3.8) is 0 Å². The normalized spacial score (nSPS) is 18.1. The summed E-state index contributed by atoms with van der Waals surface area (Å²) in [5.41, 5.74) is 2.83. The average Bonchev–Trinajstić information content (AvgIpc) is 2.70. The van der Waals surface area contributed by atoms with Crippen LogP contribution in [0.2, 0.25) is 0 Å². The Labute approximate surface area is 157 Å². The molecule has 2 aliphatic heterocycles. The molecule has 27 heavy (non-hydrogen) atoms. The minimum absolute atomic E-state index is 0.227. The first kappa shape index (κ1) is 17.8. The number of nitrogens with one attached hydrogen (secondary N) is 2. The van der Waals surface area contributed by atoms with Gasteiger partial charge in [-0.2, -0.15) is 0 Å². The Balaban J connectivity index is 1.49. The third-order valence-electron chi connectivity index (χ3n) is 5.09. The summed E-state index contributed by atoms with van der Waals surface area (Å²) < 4.78 is 26.0. The van der Waals surface area contributed by atoms with E-state index in [2.05, 4.69) is 10.6 Å². The van der Waals surface area contributed by atoms with E-state index in [-0.39, 0.29) is 29.9 Å². The fourth-order valence-corrected chi connectivity index (χ4v) is 3.66. The smallest absolute Gasteiger partial charge is 0.231 e. The Morgan fingerprint density at radius 1 is 1.33 bits per heavy atom. The molecule has 0 saturated heterocycles. The number of hydrogen-bond acceptors (Lipinski definition) is 4. The van der Waals surface area contributed by atoms with Crippen LogP contribution in [0.1, 0.15) is 23.6 Å². The van der Waals surface area contributed by atoms with Crippen molar-refractivity contribution in [1.29, 1.82) is 0 Å². The van der Waals surface area contributed by atoms with E-state index in [0.717, 1.165) is 29.2 Å². The van der Waals surface area contributed by atoms with Crippen molar-refractivity contribution in [2.24, 2.45) is 5.92 Å². The van der Waals surface area contributed by atoms with E-state index in [9.17, 15) is 9.18 Å². The number of fused-ring (bicyclic) bond motifs is 2. The molecule has 2 N–H and O–H groups in total. The van der Waals surface area contributed by atoms with E-state index < -0.39 is 0 Å². The molecule has 1 atom stereocenters. The molecule has 0 fully saturated rings. The first-order valence-electron chi connectivity index (χ1n) is 9.36. The molecule has 6 heteroatoms. The van der Waals surface area contributed by atoms with Gasteiger partial charge in [-0.1, -0.05) is 6.07 Å². The molecule has 1 unspecified atom stereocenters. The lowest BCUT2D eigenvalue weighted by atomic mass is 9.95. The van der Waals surface area contributed by atoms with Crippen molar-refractivity contribution in [3.05, 3.63) is 52.8 Å². The molecular weight excluding hydrogens is 347 g/mol. The molecule has 142 valence electrons. The van der Waals surface area contributed by atoms with Crippen molar-refractivity contribution in [1.82, 2.24) is 5.32 Å². The number of anilines is 1. The maximum absolute atomic E-state index is 14.8. The van der Waals surface area contributed by atoms with Crippen molar-refractivity contribution in [2.45, 2.75) is 26.3 Å². The summed E-state index contributed by atoms with van der Waals surface area (Å²) in [6, 6.07) is 9.15. The van der Waals surface area contributed by atoms with Crippen LogP contribution in [0.5, 0.6) is 11.5 Å². The van der Waals surface area contributed by atoms with Gasteiger partial charge in [0.15, 0.2) is 0 Å². The van der Waals surface area contributed by atoms with Crippen molar-refractivity contribution in [2.75, 3.05) is 25.1 Å². The average molecular weight is 370 g/mol. The topological polar surface area (TPSA) is 59.6 Å². The fourth-order valence-electron chi connectivity index (χ4n) is 3.66. The maximum atomic E-state index is 14.8. The molecule has 4 rings (SSSR count). The summed E-state index contributed by atoms with van der Waals surface area (Å²) in [5.74, 6) is 0.616. The van der Waals surface area contributed by atoms with Gasteiger partial charge in [0.2, 0.25) is 5.91 Å². The molecule has 0 aliphatic carbocycles. The highest BCUT2D eigenvalue weighted by atomic mass is 19.1. The number of rotatable bonds is 4. The SMILES string of the molecule is CCOc1ccc2c(c1)CC(C(=O)Nc1ccc3c(c1F)CCNC3)CO2. The van der Waals surface area contributed by atoms with E-state index >= 15 is 0 Å². The second kappa shape index (κ2) is 7.56. The molecule has 0 saturated carbocycles. The molecule has 2 heterocycles. The van der Waals surface area contributed by atoms with E-state index in [1.807, 2.05) is 31.2 Å². The molecule has 2 aliphatic rings. The largest absolute Gasteiger partial charge is 0.494 e. The predicted octanol–water partition coefficient (Wildman–Crippen LogP) is 3.06. The standard InChI is InChI=1S/C21H23FN2O3/c1-2-26-16-4-6-19-14(10-16)9-15(12-27-19)21(25)24-18-5-3-13-11-23-8-7-17(13)20(18)22/h3-6,10,15,23H,2,7-9,11-12H2,1H3,(H,24,25). The summed E-state index contributed by atoms with van der Waals surface area (Å²) in [7, 11) is 0. The molecular formula is C21H23FN2O3. The third kappa shape index (κ3) is 3.62. The van der Waals surface area contributed by atoms with Crippen LogP contribution < -0.4 is 20.1 Å². The highest BCUT2D eigenvalue weighted by Gasteiger charge is 2.27. The third-order valence-corrected chi connectivity index (χ3v) is 5.09. The lowest BCUT2D eigenvalue weighted by Gasteiger charge is -2.25. The second-order valence-corrected chi connectivity index (χ2v) is 6.90. The van der Waals surface area contributed by atoms with Crippen LogP contribution in [-0.4, -0.2) is 25.7 Å². The summed E-state index contributed by atoms with van der Waals surface area (Å²) >= 11 is 0. The number of ether oxygens (including phenoxy) is 2. The van der Waals surface area contributed by atoms with Gasteiger partial charge < -0.3 is 20.1 Å². The summed E-state index contributed by atoms with van der Waals surface area (Å²) in [4.78, 5) is 12.7. The number of carbonyl (C=O) groups is 1. The molecule has 0 radical (unpaired) electrons. The molecule has 5 nitrogen and oxygen atoms in total. The van der Waals surface area contributed by atoms with Crippen LogP contribution in [0.15, 0.2) is 30.3 Å². The van der Waals surface area contributed by atoms with Crippen LogP contribution in [0.3, 0.4) is 0 Å². The molecule has 0 spiro atoms. The highest BCUT2D eigenvalue weighted by molar-refractivity contribution is 5.93. The molecule has 0 aromatic heterocycles. The summed E-state index contributed by atoms with van der Waals surface area (Å²) in [5, 5.41) is 5.98. The van der Waals surface area contributed by atoms with Crippen LogP contribution in [0.4, 0.5) is 10.1 Å². The van der Waals surface area contributed by atoms with Gasteiger partial charge in [-0.05, 0) is 67.3 Å². The van der Waals surface area contributed by atoms with E-state index in [1.165, 1.54) is 0 Å². The van der Waals surface area contributed by atoms with Crippen LogP contribution in [0.25, 0.3) is 0 Å². The van der Waals surface area contributed by atoms with Crippen molar-refractivity contribution < 1.29 is 18.7 Å². The van der Waals surface area contributed by atoms with Crippen molar-refractivity contribution in [3.8, 4) is 11.5 Å². The maximum Gasteiger partial charge on any atom is 0.231 e. The summed E-state index contributed by atoms with van der Waals surface area (Å²) in [6.07, 6.45) is 1.17. The van der Waals surface area contributed by atoms with Gasteiger partial charge in [0.05, 0.1) is 18.2 Å². The number of amides is 1. The van der Waals surface area contributed by atoms with Crippen LogP contribution >= 0.6 is 0 Å². The van der Waals surface area contributed by atoms with E-state index in [4.69, 9.17) is 9.47 Å². The van der Waals surface area contributed by atoms with Gasteiger partial charge in [0, 0.05) is 6.54 Å². The Kier molecular flexibility index (Phi) is 4.99. The molecule has 1 amide bonds. The van der Waals surface area contributed by atoms with Gasteiger partial charge in [0.1, 0.15) is 23.9 Å². The quantitative estimate of drug-likeness (QED) is 0.869. The van der Waals surface area contributed by atoms with E-state index in [0.29, 0.717) is 31.6 Å². The molecule has 2 aromatic rings. The van der Waals surface area contributed by atoms with Crippen LogP contribution in [0, 0.1) is 11.7 Å². The lowest BCUT2D eigenvalue weighted by Crippen LogP contribution is -2.33. The Hall–Kier alpha value is -2.60. The zero-order valence-corrected chi connectivity index (χ0v) is 15.3. The van der Waals surface area contributed by atoms with Gasteiger partial charge >= 0.3 is 0 Å². The zero-order valence-electron chi connectivity index (χ0n) is 15.3. The predicted molar refractivity (Wildman–Crippen MR) is 101 cm³/mol. The Bertz CT molecular complexity index is 869. The number of hydrogen-bond donors (Lipinski definition) is 2. The van der Waals surface area contributed by atoms with Crippen molar-refractivity contribution >= 4 is 11.6 Å². The summed E-state index contributed by atoms with van der Waals surface area (Å²) in [6.45, 7) is 4.20. The number of halogens is 1. The number of carbonyl (C=O) groups excluding carboxylic acids is 1. The molecule has 0 bridgehead atoms. The van der Waals surface area contributed by atoms with E-state index in [1.54, 1.807) is 6.07 Å². The van der Waals surface area contributed by atoms with Gasteiger partial charge in [-0.25, -0.2) is 4.39 Å². The second-order valence-electron chi connectivity index (χ2n) is 6.90. The number of benzene rings is 2. The Morgan fingerprint density at radius 2 is 2.22 bits per heavy atom. The van der Waals surface area contributed by atoms with Crippen LogP contribution in [-0.2, 0) is 24.2 Å². The monoisotopic (exact) mass is 370 g/mol. The fraction of sp³-hybridized carbons (Fsp3) is 0.381. The lowest BCUT2D eigenvalue weighted by molar-refractivity contribution is -0.121. The Morgan fingerprint density at radius 3 is 3.07 bits per heavy atom. The zero-order chi connectivity index (χ0) is 18.8. The molecule has 2 aromatic carbocycles. The van der Waals surface area contributed by atoms with Gasteiger partial charge in [0.25, 0.3) is 0 Å². The first-order chi connectivity index (χ1) is 13.2. The minimum Gasteiger partial charge on any atom is -0.494 e. The van der Waals surface area contributed by atoms with Gasteiger partial charge in [-0.3, -0.25) is 4.79 Å². The highest BCUT2D eigenvalue weighted by Crippen LogP contribution is 2.32. The first-order valence-corrected chi connectivity index (χ1v) is 9.36.